The third-order valence-corrected chi connectivity index (χ3v) is 1.50. The molecule has 1 saturated heterocycles. The van der Waals surface area contributed by atoms with Crippen molar-refractivity contribution in [3.63, 3.8) is 0 Å². The summed E-state index contributed by atoms with van der Waals surface area (Å²) in [5.41, 5.74) is 6.16. The predicted octanol–water partition coefficient (Wildman–Crippen LogP) is 0.677. The first kappa shape index (κ1) is 6.78. The molecular formula is C7H14N2. The molecule has 52 valence electrons. The summed E-state index contributed by atoms with van der Waals surface area (Å²) >= 11 is 0. The Balaban J connectivity index is 2.18. The van der Waals surface area contributed by atoms with Gasteiger partial charge in [0, 0.05) is 19.0 Å². The maximum atomic E-state index is 3.08. The minimum absolute atomic E-state index is 0.713. The van der Waals surface area contributed by atoms with Crippen LogP contribution in [0, 0.1) is 5.92 Å². The SMILES string of the molecule is CCC=CC1CNNC1. The second kappa shape index (κ2) is 3.64. The Morgan fingerprint density at radius 1 is 1.44 bits per heavy atom. The summed E-state index contributed by atoms with van der Waals surface area (Å²) in [5.74, 6) is 0.713. The number of hydrazine groups is 1. The number of hydrogen-bond acceptors (Lipinski definition) is 2. The van der Waals surface area contributed by atoms with Crippen LogP contribution in [-0.4, -0.2) is 13.1 Å². The molecule has 0 aliphatic carbocycles. The molecule has 2 heteroatoms. The number of rotatable bonds is 2. The third kappa shape index (κ3) is 2.16. The largest absolute Gasteiger partial charge is 0.257 e. The molecule has 1 rings (SSSR count). The Labute approximate surface area is 56.3 Å². The van der Waals surface area contributed by atoms with Gasteiger partial charge < -0.3 is 0 Å². The molecule has 0 unspecified atom stereocenters. The lowest BCUT2D eigenvalue weighted by molar-refractivity contribution is 0.689. The van der Waals surface area contributed by atoms with Gasteiger partial charge in [0.1, 0.15) is 0 Å². The first-order valence-electron chi connectivity index (χ1n) is 3.56. The molecule has 1 aliphatic rings. The fraction of sp³-hybridized carbons (Fsp3) is 0.714. The second-order valence-electron chi connectivity index (χ2n) is 2.36. The van der Waals surface area contributed by atoms with Gasteiger partial charge in [-0.2, -0.15) is 0 Å². The van der Waals surface area contributed by atoms with Crippen LogP contribution in [0.2, 0.25) is 0 Å². The number of nitrogens with one attached hydrogen (secondary N) is 2. The van der Waals surface area contributed by atoms with E-state index in [0.717, 1.165) is 19.5 Å². The molecule has 9 heavy (non-hydrogen) atoms. The average Bonchev–Trinajstić information content (AvgIpc) is 2.34. The lowest BCUT2D eigenvalue weighted by Gasteiger charge is -1.95. The highest BCUT2D eigenvalue weighted by Gasteiger charge is 2.08. The molecule has 0 aromatic heterocycles. The van der Waals surface area contributed by atoms with Crippen molar-refractivity contribution in [2.75, 3.05) is 13.1 Å². The zero-order valence-corrected chi connectivity index (χ0v) is 5.85. The smallest absolute Gasteiger partial charge is 0.0175 e. The van der Waals surface area contributed by atoms with E-state index in [1.807, 2.05) is 0 Å². The molecule has 0 atom stereocenters. The Morgan fingerprint density at radius 2 is 2.11 bits per heavy atom. The Bertz CT molecular complexity index is 93.1. The Kier molecular flexibility index (Phi) is 2.74. The molecule has 0 spiro atoms. The van der Waals surface area contributed by atoms with Crippen molar-refractivity contribution in [2.45, 2.75) is 13.3 Å². The van der Waals surface area contributed by atoms with E-state index in [9.17, 15) is 0 Å². The summed E-state index contributed by atoms with van der Waals surface area (Å²) < 4.78 is 0. The van der Waals surface area contributed by atoms with Crippen molar-refractivity contribution in [1.29, 1.82) is 0 Å². The molecule has 0 aromatic rings. The zero-order valence-electron chi connectivity index (χ0n) is 5.85. The second-order valence-corrected chi connectivity index (χ2v) is 2.36. The van der Waals surface area contributed by atoms with Crippen LogP contribution in [0.25, 0.3) is 0 Å². The lowest BCUT2D eigenvalue weighted by Crippen LogP contribution is -2.21. The number of hydrogen-bond donors (Lipinski definition) is 2. The van der Waals surface area contributed by atoms with Gasteiger partial charge in [0.25, 0.3) is 0 Å². The minimum Gasteiger partial charge on any atom is -0.257 e. The van der Waals surface area contributed by atoms with Crippen LogP contribution in [0.4, 0.5) is 0 Å². The van der Waals surface area contributed by atoms with Crippen molar-refractivity contribution in [3.05, 3.63) is 12.2 Å². The van der Waals surface area contributed by atoms with Crippen molar-refractivity contribution in [3.8, 4) is 0 Å². The molecule has 2 nitrogen and oxygen atoms in total. The first-order chi connectivity index (χ1) is 4.43. The van der Waals surface area contributed by atoms with Gasteiger partial charge in [-0.05, 0) is 6.42 Å². The zero-order chi connectivity index (χ0) is 6.53. The highest BCUT2D eigenvalue weighted by Crippen LogP contribution is 1.99. The normalized spacial score (nSPS) is 21.9. The summed E-state index contributed by atoms with van der Waals surface area (Å²) in [6.45, 7) is 4.32. The molecule has 1 fully saturated rings. The van der Waals surface area contributed by atoms with Crippen molar-refractivity contribution in [1.82, 2.24) is 10.9 Å². The Hall–Kier alpha value is -0.340. The van der Waals surface area contributed by atoms with Crippen molar-refractivity contribution < 1.29 is 0 Å². The summed E-state index contributed by atoms with van der Waals surface area (Å²) in [6.07, 6.45) is 5.64. The van der Waals surface area contributed by atoms with E-state index < -0.39 is 0 Å². The molecule has 2 N–H and O–H groups in total. The fourth-order valence-corrected chi connectivity index (χ4v) is 0.943. The van der Waals surface area contributed by atoms with E-state index in [1.54, 1.807) is 0 Å². The molecule has 1 aliphatic heterocycles. The summed E-state index contributed by atoms with van der Waals surface area (Å²) in [6, 6.07) is 0. The molecule has 0 radical (unpaired) electrons. The van der Waals surface area contributed by atoms with E-state index in [1.165, 1.54) is 0 Å². The maximum Gasteiger partial charge on any atom is 0.0175 e. The molecule has 0 amide bonds. The monoisotopic (exact) mass is 126 g/mol. The highest BCUT2D eigenvalue weighted by molar-refractivity contribution is 4.91. The van der Waals surface area contributed by atoms with Gasteiger partial charge in [-0.1, -0.05) is 19.1 Å². The average molecular weight is 126 g/mol. The summed E-state index contributed by atoms with van der Waals surface area (Å²) in [7, 11) is 0. The van der Waals surface area contributed by atoms with Crippen LogP contribution in [0.1, 0.15) is 13.3 Å². The molecular weight excluding hydrogens is 112 g/mol. The summed E-state index contributed by atoms with van der Waals surface area (Å²) in [4.78, 5) is 0. The topological polar surface area (TPSA) is 24.1 Å². The minimum atomic E-state index is 0.713. The predicted molar refractivity (Wildman–Crippen MR) is 38.9 cm³/mol. The molecule has 0 bridgehead atoms. The van der Waals surface area contributed by atoms with Crippen LogP contribution in [0.15, 0.2) is 12.2 Å². The van der Waals surface area contributed by atoms with E-state index in [-0.39, 0.29) is 0 Å². The maximum absolute atomic E-state index is 3.08. The van der Waals surface area contributed by atoms with E-state index in [4.69, 9.17) is 0 Å². The standard InChI is InChI=1S/C7H14N2/c1-2-3-4-7-5-8-9-6-7/h3-4,7-9H,2,5-6H2,1H3. The van der Waals surface area contributed by atoms with Gasteiger partial charge in [0.2, 0.25) is 0 Å². The third-order valence-electron chi connectivity index (χ3n) is 1.50. The number of allylic oxidation sites excluding steroid dienone is 1. The van der Waals surface area contributed by atoms with Crippen LogP contribution in [-0.2, 0) is 0 Å². The van der Waals surface area contributed by atoms with Crippen molar-refractivity contribution in [2.24, 2.45) is 5.92 Å². The summed E-state index contributed by atoms with van der Waals surface area (Å²) in [5, 5.41) is 0. The molecule has 0 aromatic carbocycles. The van der Waals surface area contributed by atoms with Gasteiger partial charge in [-0.15, -0.1) is 0 Å². The van der Waals surface area contributed by atoms with Gasteiger partial charge in [0.05, 0.1) is 0 Å². The van der Waals surface area contributed by atoms with E-state index in [2.05, 4.69) is 29.9 Å². The van der Waals surface area contributed by atoms with Crippen molar-refractivity contribution >= 4 is 0 Å². The molecule has 0 saturated carbocycles. The Morgan fingerprint density at radius 3 is 2.67 bits per heavy atom. The van der Waals surface area contributed by atoms with Gasteiger partial charge in [0.15, 0.2) is 0 Å². The van der Waals surface area contributed by atoms with Gasteiger partial charge in [-0.3, -0.25) is 10.9 Å². The van der Waals surface area contributed by atoms with Crippen LogP contribution in [0.5, 0.6) is 0 Å². The van der Waals surface area contributed by atoms with Crippen LogP contribution < -0.4 is 10.9 Å². The van der Waals surface area contributed by atoms with Gasteiger partial charge >= 0.3 is 0 Å². The van der Waals surface area contributed by atoms with Crippen LogP contribution >= 0.6 is 0 Å². The quantitative estimate of drug-likeness (QED) is 0.532. The van der Waals surface area contributed by atoms with Gasteiger partial charge in [-0.25, -0.2) is 0 Å². The van der Waals surface area contributed by atoms with E-state index in [0.29, 0.717) is 5.92 Å². The lowest BCUT2D eigenvalue weighted by atomic mass is 10.1. The first-order valence-corrected chi connectivity index (χ1v) is 3.56. The van der Waals surface area contributed by atoms with Crippen LogP contribution in [0.3, 0.4) is 0 Å². The van der Waals surface area contributed by atoms with E-state index >= 15 is 0 Å². The highest BCUT2D eigenvalue weighted by atomic mass is 15.4. The fourth-order valence-electron chi connectivity index (χ4n) is 0.943. The molecule has 1 heterocycles.